The summed E-state index contributed by atoms with van der Waals surface area (Å²) in [5.41, 5.74) is 8.53. The molecule has 0 spiro atoms. The number of anilines is 1. The molecule has 0 saturated carbocycles. The van der Waals surface area contributed by atoms with Crippen molar-refractivity contribution in [3.63, 3.8) is 0 Å². The number of hydrogen-bond acceptors (Lipinski definition) is 4. The van der Waals surface area contributed by atoms with Gasteiger partial charge in [-0.1, -0.05) is 12.1 Å². The third kappa shape index (κ3) is 3.26. The van der Waals surface area contributed by atoms with E-state index in [1.54, 1.807) is 36.7 Å². The maximum absolute atomic E-state index is 12.2. The monoisotopic (exact) mass is 316 g/mol. The van der Waals surface area contributed by atoms with Gasteiger partial charge in [0.1, 0.15) is 5.65 Å². The topological polar surface area (TPSA) is 101 Å². The minimum absolute atomic E-state index is 0.0748. The highest BCUT2D eigenvalue weighted by Gasteiger charge is 2.12. The van der Waals surface area contributed by atoms with Crippen LogP contribution in [0.4, 0.5) is 5.69 Å². The SMILES string of the molecule is Nc1ccc(CS(=O)(=O)NCc2ccnc3[nH]ccc23)cc1. The van der Waals surface area contributed by atoms with Crippen LogP contribution in [0.2, 0.25) is 0 Å². The summed E-state index contributed by atoms with van der Waals surface area (Å²) < 4.78 is 27.0. The van der Waals surface area contributed by atoms with Gasteiger partial charge in [0.25, 0.3) is 0 Å². The van der Waals surface area contributed by atoms with Crippen molar-refractivity contribution >= 4 is 26.7 Å². The van der Waals surface area contributed by atoms with Gasteiger partial charge < -0.3 is 10.7 Å². The zero-order valence-electron chi connectivity index (χ0n) is 11.8. The first-order chi connectivity index (χ1) is 10.5. The molecule has 0 atom stereocenters. The second-order valence-corrected chi connectivity index (χ2v) is 6.84. The van der Waals surface area contributed by atoms with E-state index >= 15 is 0 Å². The number of fused-ring (bicyclic) bond motifs is 1. The molecule has 0 fully saturated rings. The number of pyridine rings is 1. The summed E-state index contributed by atoms with van der Waals surface area (Å²) in [7, 11) is -3.42. The number of nitrogens with two attached hydrogens (primary N) is 1. The predicted octanol–water partition coefficient (Wildman–Crippen LogP) is 1.76. The lowest BCUT2D eigenvalue weighted by Gasteiger charge is -2.08. The maximum Gasteiger partial charge on any atom is 0.216 e. The normalized spacial score (nSPS) is 11.8. The molecule has 0 aliphatic carbocycles. The lowest BCUT2D eigenvalue weighted by atomic mass is 10.2. The van der Waals surface area contributed by atoms with Crippen molar-refractivity contribution in [2.75, 3.05) is 5.73 Å². The summed E-state index contributed by atoms with van der Waals surface area (Å²) in [4.78, 5) is 7.18. The van der Waals surface area contributed by atoms with Crippen molar-refractivity contribution in [2.45, 2.75) is 12.3 Å². The molecule has 0 amide bonds. The highest BCUT2D eigenvalue weighted by Crippen LogP contribution is 2.15. The molecule has 3 aromatic rings. The lowest BCUT2D eigenvalue weighted by Crippen LogP contribution is -2.24. The third-order valence-electron chi connectivity index (χ3n) is 3.37. The van der Waals surface area contributed by atoms with Crippen LogP contribution in [0.5, 0.6) is 0 Å². The molecule has 4 N–H and O–H groups in total. The molecule has 2 aromatic heterocycles. The van der Waals surface area contributed by atoms with Gasteiger partial charge in [0.15, 0.2) is 0 Å². The minimum atomic E-state index is -3.42. The first-order valence-electron chi connectivity index (χ1n) is 6.76. The zero-order valence-corrected chi connectivity index (χ0v) is 12.6. The number of hydrogen-bond donors (Lipinski definition) is 3. The number of aromatic amines is 1. The van der Waals surface area contributed by atoms with Crippen LogP contribution in [-0.2, 0) is 22.3 Å². The zero-order chi connectivity index (χ0) is 15.6. The van der Waals surface area contributed by atoms with E-state index in [4.69, 9.17) is 5.73 Å². The van der Waals surface area contributed by atoms with Gasteiger partial charge in [-0.15, -0.1) is 0 Å². The van der Waals surface area contributed by atoms with Crippen molar-refractivity contribution in [2.24, 2.45) is 0 Å². The smallest absolute Gasteiger partial charge is 0.216 e. The van der Waals surface area contributed by atoms with Crippen LogP contribution in [0.25, 0.3) is 11.0 Å². The Kier molecular flexibility index (Phi) is 3.82. The lowest BCUT2D eigenvalue weighted by molar-refractivity contribution is 0.580. The van der Waals surface area contributed by atoms with Crippen LogP contribution in [-0.4, -0.2) is 18.4 Å². The predicted molar refractivity (Wildman–Crippen MR) is 86.4 cm³/mol. The van der Waals surface area contributed by atoms with E-state index in [1.165, 1.54) is 0 Å². The minimum Gasteiger partial charge on any atom is -0.399 e. The van der Waals surface area contributed by atoms with E-state index < -0.39 is 10.0 Å². The number of nitrogens with one attached hydrogen (secondary N) is 2. The van der Waals surface area contributed by atoms with Gasteiger partial charge in [-0.25, -0.2) is 18.1 Å². The van der Waals surface area contributed by atoms with Crippen LogP contribution in [0, 0.1) is 0 Å². The van der Waals surface area contributed by atoms with Gasteiger partial charge in [-0.2, -0.15) is 0 Å². The molecule has 114 valence electrons. The Bertz CT molecular complexity index is 885. The molecule has 0 aliphatic heterocycles. The Morgan fingerprint density at radius 1 is 1.14 bits per heavy atom. The van der Waals surface area contributed by atoms with Gasteiger partial charge in [0.05, 0.1) is 5.75 Å². The maximum atomic E-state index is 12.2. The fourth-order valence-electron chi connectivity index (χ4n) is 2.24. The number of benzene rings is 1. The van der Waals surface area contributed by atoms with Gasteiger partial charge >= 0.3 is 0 Å². The van der Waals surface area contributed by atoms with Crippen LogP contribution in [0.1, 0.15) is 11.1 Å². The number of aromatic nitrogens is 2. The second-order valence-electron chi connectivity index (χ2n) is 5.03. The van der Waals surface area contributed by atoms with Crippen LogP contribution >= 0.6 is 0 Å². The summed E-state index contributed by atoms with van der Waals surface area (Å²) in [5.74, 6) is -0.0748. The van der Waals surface area contributed by atoms with Gasteiger partial charge in [-0.3, -0.25) is 0 Å². The number of H-pyrrole nitrogens is 1. The van der Waals surface area contributed by atoms with Crippen molar-refractivity contribution < 1.29 is 8.42 Å². The number of rotatable bonds is 5. The van der Waals surface area contributed by atoms with Crippen LogP contribution in [0.15, 0.2) is 48.8 Å². The van der Waals surface area contributed by atoms with E-state index in [0.29, 0.717) is 11.3 Å². The molecule has 7 heteroatoms. The van der Waals surface area contributed by atoms with E-state index in [9.17, 15) is 8.42 Å². The standard InChI is InChI=1S/C15H16N4O2S/c16-13-3-1-11(2-4-13)10-22(20,21)19-9-12-5-7-17-15-14(12)6-8-18-15/h1-8,19H,9-10,16H2,(H,17,18). The first kappa shape index (κ1) is 14.6. The van der Waals surface area contributed by atoms with E-state index in [1.807, 2.05) is 12.1 Å². The Balaban J connectivity index is 1.72. The van der Waals surface area contributed by atoms with Gasteiger partial charge in [0.2, 0.25) is 10.0 Å². The average Bonchev–Trinajstić information content (AvgIpc) is 2.96. The average molecular weight is 316 g/mol. The molecule has 3 rings (SSSR count). The van der Waals surface area contributed by atoms with Crippen molar-refractivity contribution in [3.05, 3.63) is 59.9 Å². The molecule has 0 aliphatic rings. The van der Waals surface area contributed by atoms with Crippen LogP contribution in [0.3, 0.4) is 0 Å². The van der Waals surface area contributed by atoms with E-state index in [0.717, 1.165) is 16.6 Å². The Morgan fingerprint density at radius 2 is 1.91 bits per heavy atom. The molecule has 0 bridgehead atoms. The third-order valence-corrected chi connectivity index (χ3v) is 4.67. The summed E-state index contributed by atoms with van der Waals surface area (Å²) in [6.07, 6.45) is 3.44. The molecule has 1 aromatic carbocycles. The van der Waals surface area contributed by atoms with Crippen molar-refractivity contribution in [3.8, 4) is 0 Å². The Labute approximate surface area is 128 Å². The fourth-order valence-corrected chi connectivity index (χ4v) is 3.35. The van der Waals surface area contributed by atoms with Gasteiger partial charge in [0, 0.05) is 30.0 Å². The highest BCUT2D eigenvalue weighted by molar-refractivity contribution is 7.88. The van der Waals surface area contributed by atoms with E-state index in [-0.39, 0.29) is 12.3 Å². The fraction of sp³-hybridized carbons (Fsp3) is 0.133. The van der Waals surface area contributed by atoms with Gasteiger partial charge in [-0.05, 0) is 35.4 Å². The summed E-state index contributed by atoms with van der Waals surface area (Å²) in [6, 6.07) is 10.5. The molecule has 6 nitrogen and oxygen atoms in total. The van der Waals surface area contributed by atoms with Crippen LogP contribution < -0.4 is 10.5 Å². The quantitative estimate of drug-likeness (QED) is 0.624. The molecule has 0 unspecified atom stereocenters. The molecular formula is C15H16N4O2S. The number of nitrogen functional groups attached to an aromatic ring is 1. The number of nitrogens with zero attached hydrogens (tertiary/aromatic N) is 1. The summed E-state index contributed by atoms with van der Waals surface area (Å²) >= 11 is 0. The second kappa shape index (κ2) is 5.78. The summed E-state index contributed by atoms with van der Waals surface area (Å²) in [6.45, 7) is 0.230. The first-order valence-corrected chi connectivity index (χ1v) is 8.41. The molecule has 0 saturated heterocycles. The Hall–Kier alpha value is -2.38. The molecule has 0 radical (unpaired) electrons. The van der Waals surface area contributed by atoms with E-state index in [2.05, 4.69) is 14.7 Å². The molecular weight excluding hydrogens is 300 g/mol. The Morgan fingerprint density at radius 3 is 2.68 bits per heavy atom. The summed E-state index contributed by atoms with van der Waals surface area (Å²) in [5, 5.41) is 0.915. The highest BCUT2D eigenvalue weighted by atomic mass is 32.2. The number of sulfonamides is 1. The largest absolute Gasteiger partial charge is 0.399 e. The van der Waals surface area contributed by atoms with Crippen molar-refractivity contribution in [1.82, 2.24) is 14.7 Å². The molecule has 2 heterocycles. The molecule has 22 heavy (non-hydrogen) atoms. The van der Waals surface area contributed by atoms with Crippen molar-refractivity contribution in [1.29, 1.82) is 0 Å².